The largest absolute Gasteiger partial charge is 0.573 e. The summed E-state index contributed by atoms with van der Waals surface area (Å²) in [6.45, 7) is 3.14. The molecule has 0 radical (unpaired) electrons. The van der Waals surface area contributed by atoms with Crippen molar-refractivity contribution in [1.82, 2.24) is 24.7 Å². The first-order valence-corrected chi connectivity index (χ1v) is 10.7. The second-order valence-electron chi connectivity index (χ2n) is 8.35. The zero-order chi connectivity index (χ0) is 23.2. The second kappa shape index (κ2) is 8.25. The third-order valence-electron chi connectivity index (χ3n) is 5.92. The SMILES string of the molecule is CN1CCC(Nc2nn3c(-c4cccc(OC(F)(F)F)c4)nnc3c3c2OCCN3C)CC1. The molecular formula is C21H24F3N7O2. The van der Waals surface area contributed by atoms with Crippen molar-refractivity contribution in [3.8, 4) is 22.9 Å². The highest BCUT2D eigenvalue weighted by Crippen LogP contribution is 2.41. The number of rotatable bonds is 4. The van der Waals surface area contributed by atoms with Gasteiger partial charge in [0, 0.05) is 18.7 Å². The van der Waals surface area contributed by atoms with Crippen LogP contribution in [0.1, 0.15) is 12.8 Å². The molecule has 3 aromatic rings. The number of nitrogens with zero attached hydrogens (tertiary/aromatic N) is 6. The summed E-state index contributed by atoms with van der Waals surface area (Å²) in [5.41, 5.74) is 1.62. The molecule has 9 nitrogen and oxygen atoms in total. The van der Waals surface area contributed by atoms with E-state index in [1.165, 1.54) is 18.2 Å². The molecule has 0 bridgehead atoms. The summed E-state index contributed by atoms with van der Waals surface area (Å²) in [5.74, 6) is 1.16. The number of likely N-dealkylation sites (N-methyl/N-ethyl adjacent to an activating group) is 1. The van der Waals surface area contributed by atoms with Gasteiger partial charge in [-0.15, -0.1) is 28.5 Å². The first-order valence-electron chi connectivity index (χ1n) is 10.7. The topological polar surface area (TPSA) is 80.0 Å². The Morgan fingerprint density at radius 3 is 2.67 bits per heavy atom. The average molecular weight is 463 g/mol. The third kappa shape index (κ3) is 4.34. The van der Waals surface area contributed by atoms with Crippen molar-refractivity contribution in [1.29, 1.82) is 0 Å². The van der Waals surface area contributed by atoms with E-state index in [1.807, 2.05) is 11.9 Å². The summed E-state index contributed by atoms with van der Waals surface area (Å²) in [4.78, 5) is 4.31. The molecule has 1 saturated heterocycles. The number of anilines is 2. The summed E-state index contributed by atoms with van der Waals surface area (Å²) >= 11 is 0. The number of fused-ring (bicyclic) bond motifs is 3. The van der Waals surface area contributed by atoms with E-state index in [4.69, 9.17) is 9.84 Å². The predicted molar refractivity (Wildman–Crippen MR) is 116 cm³/mol. The Bertz CT molecular complexity index is 1160. The number of aromatic nitrogens is 4. The Balaban J connectivity index is 1.58. The number of benzene rings is 1. The lowest BCUT2D eigenvalue weighted by atomic mass is 10.1. The second-order valence-corrected chi connectivity index (χ2v) is 8.35. The van der Waals surface area contributed by atoms with Crippen molar-refractivity contribution < 1.29 is 22.6 Å². The maximum atomic E-state index is 12.7. The van der Waals surface area contributed by atoms with Crippen molar-refractivity contribution in [3.63, 3.8) is 0 Å². The lowest BCUT2D eigenvalue weighted by Gasteiger charge is -2.32. The molecule has 1 N–H and O–H groups in total. The summed E-state index contributed by atoms with van der Waals surface area (Å²) in [5, 5.41) is 16.8. The molecule has 0 saturated carbocycles. The van der Waals surface area contributed by atoms with Gasteiger partial charge in [0.05, 0.1) is 6.54 Å². The Hall–Kier alpha value is -3.28. The number of hydrogen-bond donors (Lipinski definition) is 1. The molecule has 4 heterocycles. The van der Waals surface area contributed by atoms with Crippen molar-refractivity contribution in [2.45, 2.75) is 25.2 Å². The zero-order valence-electron chi connectivity index (χ0n) is 18.3. The number of nitrogens with one attached hydrogen (secondary N) is 1. The van der Waals surface area contributed by atoms with Crippen molar-refractivity contribution in [3.05, 3.63) is 24.3 Å². The van der Waals surface area contributed by atoms with E-state index in [-0.39, 0.29) is 11.8 Å². The molecule has 33 heavy (non-hydrogen) atoms. The van der Waals surface area contributed by atoms with E-state index in [0.29, 0.717) is 41.8 Å². The smallest absolute Gasteiger partial charge is 0.486 e. The van der Waals surface area contributed by atoms with Crippen LogP contribution in [0.3, 0.4) is 0 Å². The number of ether oxygens (including phenoxy) is 2. The van der Waals surface area contributed by atoms with Crippen LogP contribution in [0.4, 0.5) is 24.7 Å². The fourth-order valence-corrected chi connectivity index (χ4v) is 4.21. The summed E-state index contributed by atoms with van der Waals surface area (Å²) in [6.07, 6.45) is -2.85. The van der Waals surface area contributed by atoms with Crippen molar-refractivity contribution >= 4 is 17.2 Å². The quantitative estimate of drug-likeness (QED) is 0.633. The van der Waals surface area contributed by atoms with Gasteiger partial charge in [0.15, 0.2) is 17.4 Å². The van der Waals surface area contributed by atoms with Crippen LogP contribution in [0.2, 0.25) is 0 Å². The van der Waals surface area contributed by atoms with Gasteiger partial charge in [0.25, 0.3) is 0 Å². The lowest BCUT2D eigenvalue weighted by molar-refractivity contribution is -0.274. The monoisotopic (exact) mass is 463 g/mol. The number of likely N-dealkylation sites (tertiary alicyclic amines) is 1. The van der Waals surface area contributed by atoms with Crippen LogP contribution in [-0.2, 0) is 0 Å². The van der Waals surface area contributed by atoms with Gasteiger partial charge in [0.2, 0.25) is 5.65 Å². The Kier molecular flexibility index (Phi) is 5.39. The molecular weight excluding hydrogens is 439 g/mol. The maximum absolute atomic E-state index is 12.7. The van der Waals surface area contributed by atoms with Crippen LogP contribution < -0.4 is 19.7 Å². The van der Waals surface area contributed by atoms with E-state index in [2.05, 4.69) is 32.2 Å². The highest BCUT2D eigenvalue weighted by atomic mass is 19.4. The van der Waals surface area contributed by atoms with Crippen LogP contribution in [-0.4, -0.2) is 77.5 Å². The molecule has 176 valence electrons. The van der Waals surface area contributed by atoms with Gasteiger partial charge in [-0.05, 0) is 45.1 Å². The Morgan fingerprint density at radius 2 is 1.91 bits per heavy atom. The normalized spacial score (nSPS) is 17.7. The van der Waals surface area contributed by atoms with Gasteiger partial charge in [-0.1, -0.05) is 12.1 Å². The molecule has 1 aromatic carbocycles. The highest BCUT2D eigenvalue weighted by molar-refractivity contribution is 5.83. The van der Waals surface area contributed by atoms with Crippen LogP contribution in [0.25, 0.3) is 17.0 Å². The third-order valence-corrected chi connectivity index (χ3v) is 5.92. The molecule has 2 aliphatic heterocycles. The average Bonchev–Trinajstić information content (AvgIpc) is 3.18. The van der Waals surface area contributed by atoms with Crippen LogP contribution in [0.5, 0.6) is 11.5 Å². The van der Waals surface area contributed by atoms with E-state index < -0.39 is 6.36 Å². The van der Waals surface area contributed by atoms with Gasteiger partial charge < -0.3 is 24.6 Å². The lowest BCUT2D eigenvalue weighted by Crippen LogP contribution is -2.37. The first-order chi connectivity index (χ1) is 15.8. The fraction of sp³-hybridized carbons (Fsp3) is 0.476. The minimum atomic E-state index is -4.78. The van der Waals surface area contributed by atoms with E-state index in [1.54, 1.807) is 10.6 Å². The minimum absolute atomic E-state index is 0.231. The highest BCUT2D eigenvalue weighted by Gasteiger charge is 2.32. The molecule has 5 rings (SSSR count). The molecule has 0 amide bonds. The number of halogens is 3. The van der Waals surface area contributed by atoms with Crippen LogP contribution in [0.15, 0.2) is 24.3 Å². The number of hydrogen-bond acceptors (Lipinski definition) is 8. The Labute approximate surface area is 188 Å². The predicted octanol–water partition coefficient (Wildman–Crippen LogP) is 3.02. The Morgan fingerprint density at radius 1 is 1.12 bits per heavy atom. The summed E-state index contributed by atoms with van der Waals surface area (Å²) < 4.78 is 49.7. The molecule has 12 heteroatoms. The molecule has 1 fully saturated rings. The number of piperidine rings is 1. The van der Waals surface area contributed by atoms with Crippen LogP contribution in [0, 0.1) is 0 Å². The molecule has 0 unspecified atom stereocenters. The first kappa shape index (κ1) is 21.6. The molecule has 0 atom stereocenters. The molecule has 2 aromatic heterocycles. The van der Waals surface area contributed by atoms with E-state index in [0.717, 1.165) is 31.6 Å². The van der Waals surface area contributed by atoms with Crippen molar-refractivity contribution in [2.24, 2.45) is 0 Å². The van der Waals surface area contributed by atoms with Gasteiger partial charge in [-0.3, -0.25) is 0 Å². The molecule has 0 aliphatic carbocycles. The van der Waals surface area contributed by atoms with Crippen LogP contribution >= 0.6 is 0 Å². The number of alkyl halides is 3. The summed E-state index contributed by atoms with van der Waals surface area (Å²) in [7, 11) is 4.04. The van der Waals surface area contributed by atoms with Gasteiger partial charge >= 0.3 is 6.36 Å². The summed E-state index contributed by atoms with van der Waals surface area (Å²) in [6, 6.07) is 5.86. The fourth-order valence-electron chi connectivity index (χ4n) is 4.21. The van der Waals surface area contributed by atoms with Crippen molar-refractivity contribution in [2.75, 3.05) is 50.6 Å². The van der Waals surface area contributed by atoms with Gasteiger partial charge in [-0.2, -0.15) is 4.52 Å². The van der Waals surface area contributed by atoms with Gasteiger partial charge in [0.1, 0.15) is 18.0 Å². The minimum Gasteiger partial charge on any atom is -0.486 e. The van der Waals surface area contributed by atoms with E-state index in [9.17, 15) is 13.2 Å². The zero-order valence-corrected chi connectivity index (χ0v) is 18.3. The maximum Gasteiger partial charge on any atom is 0.573 e. The van der Waals surface area contributed by atoms with E-state index >= 15 is 0 Å². The van der Waals surface area contributed by atoms with Gasteiger partial charge in [-0.25, -0.2) is 0 Å². The molecule has 0 spiro atoms. The standard InChI is InChI=1S/C21H24F3N7O2/c1-29-8-6-14(7-9-29)25-18-17-16(30(2)10-11-32-17)20-27-26-19(31(20)28-18)13-4-3-5-15(12-13)33-21(22,23)24/h3-5,12,14H,6-11H2,1-2H3,(H,25,28). The molecule has 2 aliphatic rings.